The molecule has 1 aromatic rings. The van der Waals surface area contributed by atoms with Crippen molar-refractivity contribution in [2.45, 2.75) is 12.3 Å². The second-order valence-corrected chi connectivity index (χ2v) is 8.19. The van der Waals surface area contributed by atoms with E-state index in [1.165, 1.54) is 0 Å². The number of nitrogens with zero attached hydrogens (tertiary/aromatic N) is 5. The van der Waals surface area contributed by atoms with Gasteiger partial charge >= 0.3 is 0 Å². The minimum Gasteiger partial charge on any atom is -0.379 e. The summed E-state index contributed by atoms with van der Waals surface area (Å²) in [6.07, 6.45) is -0.278. The number of aliphatic imine (C=N–C) groups is 1. The fourth-order valence-electron chi connectivity index (χ4n) is 4.73. The van der Waals surface area contributed by atoms with E-state index in [9.17, 15) is 4.79 Å². The molecule has 0 aliphatic carbocycles. The molecule has 4 aliphatic rings. The first-order chi connectivity index (χ1) is 15.3. The molecule has 2 atom stereocenters. The van der Waals surface area contributed by atoms with Crippen molar-refractivity contribution < 1.29 is 19.0 Å². The second kappa shape index (κ2) is 9.62. The number of rotatable bonds is 3. The number of benzene rings is 1. The van der Waals surface area contributed by atoms with Crippen molar-refractivity contribution >= 4 is 11.9 Å². The molecule has 0 N–H and O–H groups in total. The van der Waals surface area contributed by atoms with Gasteiger partial charge in [0, 0.05) is 44.8 Å². The maximum atomic E-state index is 13.9. The predicted octanol–water partition coefficient (Wildman–Crippen LogP) is 0.147. The molecular weight excluding hydrogens is 398 g/mol. The highest BCUT2D eigenvalue weighted by Crippen LogP contribution is 2.29. The Hall–Kier alpha value is -2.04. The first kappa shape index (κ1) is 20.8. The quantitative estimate of drug-likeness (QED) is 0.677. The number of ether oxygens (including phenoxy) is 3. The van der Waals surface area contributed by atoms with Crippen LogP contribution in [0.5, 0.6) is 0 Å². The normalized spacial score (nSPS) is 28.6. The number of hydrogen-bond donors (Lipinski definition) is 0. The molecule has 3 saturated heterocycles. The van der Waals surface area contributed by atoms with Gasteiger partial charge in [0.25, 0.3) is 5.91 Å². The predicted molar refractivity (Wildman–Crippen MR) is 115 cm³/mol. The second-order valence-electron chi connectivity index (χ2n) is 8.19. The Kier molecular flexibility index (Phi) is 6.47. The molecule has 3 fully saturated rings. The standard InChI is InChI=1S/C22H31N5O4/c28-21(18-4-2-1-3-5-18)27-20(25-8-14-30-15-9-25)19(24-6-12-29-13-7-24)23-22(27)26-10-16-31-17-11-26/h1-5,19-20H,6-17H2/t19-,20+/m0/s1. The number of hydrogen-bond acceptors (Lipinski definition) is 8. The largest absolute Gasteiger partial charge is 0.379 e. The topological polar surface area (TPSA) is 70.1 Å². The zero-order chi connectivity index (χ0) is 21.0. The smallest absolute Gasteiger partial charge is 0.262 e. The molecule has 0 saturated carbocycles. The first-order valence-corrected chi connectivity index (χ1v) is 11.3. The third-order valence-electron chi connectivity index (χ3n) is 6.37. The van der Waals surface area contributed by atoms with Crippen LogP contribution >= 0.6 is 0 Å². The van der Waals surface area contributed by atoms with Crippen molar-refractivity contribution in [2.24, 2.45) is 4.99 Å². The molecule has 31 heavy (non-hydrogen) atoms. The van der Waals surface area contributed by atoms with Crippen LogP contribution in [0.1, 0.15) is 10.4 Å². The molecule has 4 heterocycles. The molecule has 5 rings (SSSR count). The highest BCUT2D eigenvalue weighted by molar-refractivity contribution is 6.07. The molecular formula is C22H31N5O4. The van der Waals surface area contributed by atoms with E-state index >= 15 is 0 Å². The van der Waals surface area contributed by atoms with Crippen molar-refractivity contribution in [2.75, 3.05) is 78.9 Å². The van der Waals surface area contributed by atoms with E-state index in [1.54, 1.807) is 0 Å². The Labute approximate surface area is 183 Å². The number of guanidine groups is 1. The van der Waals surface area contributed by atoms with Gasteiger partial charge in [0.15, 0.2) is 0 Å². The summed E-state index contributed by atoms with van der Waals surface area (Å²) in [5.41, 5.74) is 0.685. The SMILES string of the molecule is O=C(c1ccccc1)N1C(N2CCOCC2)=N[C@@H](N2CCOCC2)[C@@H]1N1CCOCC1. The number of amides is 1. The molecule has 168 valence electrons. The van der Waals surface area contributed by atoms with Crippen molar-refractivity contribution in [1.29, 1.82) is 0 Å². The zero-order valence-electron chi connectivity index (χ0n) is 17.9. The van der Waals surface area contributed by atoms with Crippen LogP contribution in [0.15, 0.2) is 35.3 Å². The van der Waals surface area contributed by atoms with Crippen molar-refractivity contribution in [3.05, 3.63) is 35.9 Å². The van der Waals surface area contributed by atoms with Gasteiger partial charge in [-0.05, 0) is 12.1 Å². The minimum atomic E-state index is -0.160. The molecule has 0 unspecified atom stereocenters. The van der Waals surface area contributed by atoms with Crippen LogP contribution in [0.2, 0.25) is 0 Å². The summed E-state index contributed by atoms with van der Waals surface area (Å²) in [6, 6.07) is 9.54. The Morgan fingerprint density at radius 1 is 0.774 bits per heavy atom. The lowest BCUT2D eigenvalue weighted by Gasteiger charge is -2.43. The fraction of sp³-hybridized carbons (Fsp3) is 0.636. The molecule has 0 spiro atoms. The molecule has 0 bridgehead atoms. The number of morpholine rings is 3. The van der Waals surface area contributed by atoms with Crippen LogP contribution in [0.3, 0.4) is 0 Å². The summed E-state index contributed by atoms with van der Waals surface area (Å²) >= 11 is 0. The third kappa shape index (κ3) is 4.33. The maximum Gasteiger partial charge on any atom is 0.262 e. The molecule has 1 aromatic carbocycles. The third-order valence-corrected chi connectivity index (χ3v) is 6.37. The Morgan fingerprint density at radius 2 is 1.32 bits per heavy atom. The zero-order valence-corrected chi connectivity index (χ0v) is 17.9. The molecule has 4 aliphatic heterocycles. The average molecular weight is 430 g/mol. The lowest BCUT2D eigenvalue weighted by molar-refractivity contribution is -0.0534. The van der Waals surface area contributed by atoms with Gasteiger partial charge in [0.1, 0.15) is 12.3 Å². The van der Waals surface area contributed by atoms with Crippen LogP contribution in [-0.2, 0) is 14.2 Å². The minimum absolute atomic E-state index is 0.00177. The summed E-state index contributed by atoms with van der Waals surface area (Å²) in [5.74, 6) is 0.767. The van der Waals surface area contributed by atoms with Gasteiger partial charge in [-0.1, -0.05) is 18.2 Å². The van der Waals surface area contributed by atoms with E-state index in [0.29, 0.717) is 45.2 Å². The Balaban J connectivity index is 1.53. The van der Waals surface area contributed by atoms with Gasteiger partial charge in [-0.2, -0.15) is 0 Å². The molecule has 0 radical (unpaired) electrons. The van der Waals surface area contributed by atoms with Gasteiger partial charge in [0.2, 0.25) is 5.96 Å². The summed E-state index contributed by atoms with van der Waals surface area (Å²) in [5, 5.41) is 0. The number of carbonyl (C=O) groups excluding carboxylic acids is 1. The van der Waals surface area contributed by atoms with Crippen LogP contribution < -0.4 is 0 Å². The molecule has 9 heteroatoms. The monoisotopic (exact) mass is 429 g/mol. The van der Waals surface area contributed by atoms with E-state index in [-0.39, 0.29) is 18.2 Å². The van der Waals surface area contributed by atoms with E-state index in [4.69, 9.17) is 19.2 Å². The van der Waals surface area contributed by atoms with Gasteiger partial charge in [0.05, 0.1) is 39.6 Å². The van der Waals surface area contributed by atoms with E-state index in [1.807, 2.05) is 35.2 Å². The summed E-state index contributed by atoms with van der Waals surface area (Å²) < 4.78 is 16.8. The molecule has 0 aromatic heterocycles. The maximum absolute atomic E-state index is 13.9. The summed E-state index contributed by atoms with van der Waals surface area (Å²) in [7, 11) is 0. The van der Waals surface area contributed by atoms with Crippen LogP contribution in [0.25, 0.3) is 0 Å². The lowest BCUT2D eigenvalue weighted by Crippen LogP contribution is -2.62. The fourth-order valence-corrected chi connectivity index (χ4v) is 4.73. The van der Waals surface area contributed by atoms with Crippen molar-refractivity contribution in [3.63, 3.8) is 0 Å². The summed E-state index contributed by atoms with van der Waals surface area (Å²) in [4.78, 5) is 27.9. The van der Waals surface area contributed by atoms with Crippen LogP contribution in [-0.4, -0.2) is 123 Å². The highest BCUT2D eigenvalue weighted by atomic mass is 16.5. The van der Waals surface area contributed by atoms with E-state index in [2.05, 4.69) is 14.7 Å². The van der Waals surface area contributed by atoms with E-state index < -0.39 is 0 Å². The van der Waals surface area contributed by atoms with Crippen LogP contribution in [0.4, 0.5) is 0 Å². The Morgan fingerprint density at radius 3 is 1.94 bits per heavy atom. The average Bonchev–Trinajstić information content (AvgIpc) is 3.26. The van der Waals surface area contributed by atoms with Gasteiger partial charge in [-0.25, -0.2) is 4.99 Å². The van der Waals surface area contributed by atoms with Crippen molar-refractivity contribution in [1.82, 2.24) is 19.6 Å². The number of carbonyl (C=O) groups is 1. The highest BCUT2D eigenvalue weighted by Gasteiger charge is 2.48. The van der Waals surface area contributed by atoms with Gasteiger partial charge < -0.3 is 19.1 Å². The van der Waals surface area contributed by atoms with E-state index in [0.717, 1.165) is 45.2 Å². The lowest BCUT2D eigenvalue weighted by atomic mass is 10.1. The van der Waals surface area contributed by atoms with Crippen molar-refractivity contribution in [3.8, 4) is 0 Å². The summed E-state index contributed by atoms with van der Waals surface area (Å²) in [6.45, 7) is 8.73. The van der Waals surface area contributed by atoms with Gasteiger partial charge in [-0.15, -0.1) is 0 Å². The van der Waals surface area contributed by atoms with Crippen LogP contribution in [0, 0.1) is 0 Å². The molecule has 1 amide bonds. The van der Waals surface area contributed by atoms with Gasteiger partial charge in [-0.3, -0.25) is 19.5 Å². The molecule has 9 nitrogen and oxygen atoms in total. The Bertz CT molecular complexity index is 773. The first-order valence-electron chi connectivity index (χ1n) is 11.3.